The van der Waals surface area contributed by atoms with E-state index >= 15 is 0 Å². The van der Waals surface area contributed by atoms with Gasteiger partial charge in [-0.25, -0.2) is 9.18 Å². The van der Waals surface area contributed by atoms with Crippen molar-refractivity contribution in [2.24, 2.45) is 0 Å². The molecule has 0 saturated heterocycles. The van der Waals surface area contributed by atoms with Crippen molar-refractivity contribution in [3.05, 3.63) is 95.2 Å². The molecule has 9 nitrogen and oxygen atoms in total. The van der Waals surface area contributed by atoms with Gasteiger partial charge in [-0.15, -0.1) is 5.10 Å². The summed E-state index contributed by atoms with van der Waals surface area (Å²) >= 11 is 0. The highest BCUT2D eigenvalue weighted by Gasteiger charge is 2.20. The van der Waals surface area contributed by atoms with E-state index in [1.807, 2.05) is 30.3 Å². The fourth-order valence-corrected chi connectivity index (χ4v) is 3.00. The van der Waals surface area contributed by atoms with Gasteiger partial charge >= 0.3 is 11.7 Å². The first-order chi connectivity index (χ1) is 16.9. The standard InChI is InChI=1S/C25H20FN3O6/c1-16(23(31)27-19-11-13-21(14-12-19)34-20-5-3-2-4-6-20)33-22(30)15-29-25(32)35-24(28-29)17-7-9-18(26)10-8-17/h2-14,16H,15H2,1H3,(H,27,31). The summed E-state index contributed by atoms with van der Waals surface area (Å²) < 4.78 is 29.6. The van der Waals surface area contributed by atoms with Crippen LogP contribution in [0.3, 0.4) is 0 Å². The maximum absolute atomic E-state index is 13.1. The molecule has 1 atom stereocenters. The van der Waals surface area contributed by atoms with Gasteiger partial charge in [0.25, 0.3) is 5.91 Å². The number of nitrogens with one attached hydrogen (secondary N) is 1. The fraction of sp³-hybridized carbons (Fsp3) is 0.120. The maximum Gasteiger partial charge on any atom is 0.437 e. The summed E-state index contributed by atoms with van der Waals surface area (Å²) in [5.74, 6) is -1.57. The fourth-order valence-electron chi connectivity index (χ4n) is 3.00. The van der Waals surface area contributed by atoms with Crippen molar-refractivity contribution in [2.45, 2.75) is 19.6 Å². The van der Waals surface area contributed by atoms with Crippen LogP contribution in [-0.4, -0.2) is 27.8 Å². The molecule has 4 rings (SSSR count). The molecule has 3 aromatic carbocycles. The summed E-state index contributed by atoms with van der Waals surface area (Å²) in [7, 11) is 0. The molecule has 178 valence electrons. The molecule has 1 heterocycles. The van der Waals surface area contributed by atoms with E-state index in [1.165, 1.54) is 31.2 Å². The zero-order valence-electron chi connectivity index (χ0n) is 18.5. The number of esters is 1. The normalized spacial score (nSPS) is 11.5. The first kappa shape index (κ1) is 23.4. The van der Waals surface area contributed by atoms with Gasteiger partial charge in [0.1, 0.15) is 23.9 Å². The highest BCUT2D eigenvalue weighted by atomic mass is 19.1. The Morgan fingerprint density at radius 2 is 1.66 bits per heavy atom. The Morgan fingerprint density at radius 1 is 1.00 bits per heavy atom. The number of para-hydroxylation sites is 1. The van der Waals surface area contributed by atoms with E-state index in [0.717, 1.165) is 4.68 Å². The zero-order chi connectivity index (χ0) is 24.8. The molecule has 0 aliphatic carbocycles. The summed E-state index contributed by atoms with van der Waals surface area (Å²) in [6.07, 6.45) is -1.14. The topological polar surface area (TPSA) is 113 Å². The number of benzene rings is 3. The number of carbonyl (C=O) groups excluding carboxylic acids is 2. The molecule has 0 aliphatic heterocycles. The number of hydrogen-bond acceptors (Lipinski definition) is 7. The third-order valence-electron chi connectivity index (χ3n) is 4.75. The summed E-state index contributed by atoms with van der Waals surface area (Å²) in [4.78, 5) is 36.6. The van der Waals surface area contributed by atoms with Gasteiger partial charge in [-0.1, -0.05) is 18.2 Å². The highest BCUT2D eigenvalue weighted by molar-refractivity contribution is 5.95. The third-order valence-corrected chi connectivity index (χ3v) is 4.75. The Hall–Kier alpha value is -4.73. The Morgan fingerprint density at radius 3 is 2.34 bits per heavy atom. The lowest BCUT2D eigenvalue weighted by Crippen LogP contribution is -2.32. The van der Waals surface area contributed by atoms with E-state index in [1.54, 1.807) is 24.3 Å². The number of rotatable bonds is 8. The van der Waals surface area contributed by atoms with E-state index in [0.29, 0.717) is 22.7 Å². The van der Waals surface area contributed by atoms with Crippen LogP contribution in [0.25, 0.3) is 11.5 Å². The van der Waals surface area contributed by atoms with Crippen LogP contribution < -0.4 is 15.8 Å². The molecule has 10 heteroatoms. The molecule has 0 aliphatic rings. The first-order valence-corrected chi connectivity index (χ1v) is 10.5. The van der Waals surface area contributed by atoms with Crippen LogP contribution in [0.2, 0.25) is 0 Å². The number of hydrogen-bond donors (Lipinski definition) is 1. The van der Waals surface area contributed by atoms with Crippen LogP contribution in [-0.2, 0) is 20.9 Å². The van der Waals surface area contributed by atoms with Gasteiger partial charge in [0, 0.05) is 11.3 Å². The molecule has 0 saturated carbocycles. The van der Waals surface area contributed by atoms with Crippen LogP contribution >= 0.6 is 0 Å². The minimum atomic E-state index is -1.14. The molecule has 4 aromatic rings. The molecular weight excluding hydrogens is 457 g/mol. The van der Waals surface area contributed by atoms with E-state index in [4.69, 9.17) is 13.9 Å². The van der Waals surface area contributed by atoms with Crippen molar-refractivity contribution in [2.75, 3.05) is 5.32 Å². The van der Waals surface area contributed by atoms with E-state index < -0.39 is 36.1 Å². The summed E-state index contributed by atoms with van der Waals surface area (Å²) in [6.45, 7) is 0.836. The smallest absolute Gasteiger partial charge is 0.437 e. The predicted octanol–water partition coefficient (Wildman–Crippen LogP) is 4.01. The number of halogens is 1. The first-order valence-electron chi connectivity index (χ1n) is 10.5. The van der Waals surface area contributed by atoms with Gasteiger partial charge in [-0.05, 0) is 67.6 Å². The van der Waals surface area contributed by atoms with Gasteiger partial charge in [-0.2, -0.15) is 4.68 Å². The second-order valence-electron chi connectivity index (χ2n) is 7.40. The van der Waals surface area contributed by atoms with Crippen molar-refractivity contribution in [1.82, 2.24) is 9.78 Å². The minimum absolute atomic E-state index is 0.0757. The quantitative estimate of drug-likeness (QED) is 0.382. The lowest BCUT2D eigenvalue weighted by atomic mass is 10.2. The SMILES string of the molecule is CC(OC(=O)Cn1nc(-c2ccc(F)cc2)oc1=O)C(=O)Nc1ccc(Oc2ccccc2)cc1. The molecule has 1 unspecified atom stereocenters. The number of aromatic nitrogens is 2. The molecule has 0 spiro atoms. The highest BCUT2D eigenvalue weighted by Crippen LogP contribution is 2.22. The minimum Gasteiger partial charge on any atom is -0.457 e. The van der Waals surface area contributed by atoms with Crippen LogP contribution in [0.4, 0.5) is 10.1 Å². The average molecular weight is 477 g/mol. The van der Waals surface area contributed by atoms with E-state index in [2.05, 4.69) is 10.4 Å². The molecule has 0 fully saturated rings. The van der Waals surface area contributed by atoms with Crippen LogP contribution in [0.5, 0.6) is 11.5 Å². The van der Waals surface area contributed by atoms with Gasteiger partial charge in [0.2, 0.25) is 5.89 Å². The van der Waals surface area contributed by atoms with Crippen molar-refractivity contribution >= 4 is 17.6 Å². The largest absolute Gasteiger partial charge is 0.457 e. The number of ether oxygens (including phenoxy) is 2. The Kier molecular flexibility index (Phi) is 7.01. The molecule has 35 heavy (non-hydrogen) atoms. The zero-order valence-corrected chi connectivity index (χ0v) is 18.5. The molecule has 1 amide bonds. The second kappa shape index (κ2) is 10.5. The van der Waals surface area contributed by atoms with E-state index in [-0.39, 0.29) is 5.89 Å². The average Bonchev–Trinajstić information content (AvgIpc) is 3.21. The monoisotopic (exact) mass is 477 g/mol. The maximum atomic E-state index is 13.1. The lowest BCUT2D eigenvalue weighted by molar-refractivity contribution is -0.154. The predicted molar refractivity (Wildman–Crippen MR) is 123 cm³/mol. The molecular formula is C25H20FN3O6. The van der Waals surface area contributed by atoms with E-state index in [9.17, 15) is 18.8 Å². The number of carbonyl (C=O) groups is 2. The van der Waals surface area contributed by atoms with Gasteiger partial charge in [0.15, 0.2) is 6.10 Å². The number of amides is 1. The summed E-state index contributed by atoms with van der Waals surface area (Å²) in [6, 6.07) is 21.1. The van der Waals surface area contributed by atoms with Gasteiger partial charge in [-0.3, -0.25) is 9.59 Å². The van der Waals surface area contributed by atoms with Crippen molar-refractivity contribution in [1.29, 1.82) is 0 Å². The molecule has 0 bridgehead atoms. The van der Waals surface area contributed by atoms with Gasteiger partial charge in [0.05, 0.1) is 0 Å². The Labute approximate surface area is 198 Å². The molecule has 0 radical (unpaired) electrons. The van der Waals surface area contributed by atoms with Crippen molar-refractivity contribution in [3.63, 3.8) is 0 Å². The third kappa shape index (κ3) is 6.20. The molecule has 1 aromatic heterocycles. The Balaban J connectivity index is 1.30. The van der Waals surface area contributed by atoms with Crippen LogP contribution in [0, 0.1) is 5.82 Å². The number of nitrogens with zero attached hydrogens (tertiary/aromatic N) is 2. The molecule has 1 N–H and O–H groups in total. The van der Waals surface area contributed by atoms with Crippen LogP contribution in [0.15, 0.2) is 88.1 Å². The van der Waals surface area contributed by atoms with Crippen molar-refractivity contribution < 1.29 is 27.9 Å². The van der Waals surface area contributed by atoms with Crippen LogP contribution in [0.1, 0.15) is 6.92 Å². The van der Waals surface area contributed by atoms with Crippen molar-refractivity contribution in [3.8, 4) is 23.0 Å². The summed E-state index contributed by atoms with van der Waals surface area (Å²) in [5, 5.41) is 6.55. The second-order valence-corrected chi connectivity index (χ2v) is 7.40. The number of anilines is 1. The lowest BCUT2D eigenvalue weighted by Gasteiger charge is -2.13. The summed E-state index contributed by atoms with van der Waals surface area (Å²) in [5.41, 5.74) is 0.846. The van der Waals surface area contributed by atoms with Gasteiger partial charge < -0.3 is 19.2 Å². The Bertz CT molecular complexity index is 1370.